The Bertz CT molecular complexity index is 728. The second-order valence-corrected chi connectivity index (χ2v) is 5.37. The molecule has 1 aromatic heterocycles. The Morgan fingerprint density at radius 1 is 1.39 bits per heavy atom. The quantitative estimate of drug-likeness (QED) is 0.608. The molecule has 0 aliphatic carbocycles. The van der Waals surface area contributed by atoms with E-state index in [2.05, 4.69) is 5.10 Å². The highest BCUT2D eigenvalue weighted by Crippen LogP contribution is 2.23. The number of methoxy groups -OCH3 is 1. The van der Waals surface area contributed by atoms with Gasteiger partial charge in [0.05, 0.1) is 12.2 Å². The highest BCUT2D eigenvalue weighted by Gasteiger charge is 2.10. The van der Waals surface area contributed by atoms with Crippen LogP contribution in [0.1, 0.15) is 11.3 Å². The third-order valence-electron chi connectivity index (χ3n) is 2.85. The van der Waals surface area contributed by atoms with Gasteiger partial charge in [-0.2, -0.15) is 0 Å². The van der Waals surface area contributed by atoms with E-state index in [9.17, 15) is 4.79 Å². The Morgan fingerprint density at radius 3 is 2.83 bits per heavy atom. The van der Waals surface area contributed by atoms with Crippen molar-refractivity contribution in [2.45, 2.75) is 6.54 Å². The molecule has 1 heterocycles. The van der Waals surface area contributed by atoms with Crippen LogP contribution in [-0.4, -0.2) is 34.8 Å². The van der Waals surface area contributed by atoms with Crippen LogP contribution < -0.4 is 4.74 Å². The van der Waals surface area contributed by atoms with E-state index in [1.165, 1.54) is 13.2 Å². The van der Waals surface area contributed by atoms with E-state index in [1.807, 2.05) is 0 Å². The van der Waals surface area contributed by atoms with Gasteiger partial charge in [-0.1, -0.05) is 29.3 Å². The monoisotopic (exact) mass is 356 g/mol. The van der Waals surface area contributed by atoms with Crippen molar-refractivity contribution in [3.8, 4) is 5.88 Å². The lowest BCUT2D eigenvalue weighted by atomic mass is 10.2. The van der Waals surface area contributed by atoms with E-state index in [0.717, 1.165) is 11.6 Å². The first-order chi connectivity index (χ1) is 11.0. The summed E-state index contributed by atoms with van der Waals surface area (Å²) < 4.78 is 11.7. The summed E-state index contributed by atoms with van der Waals surface area (Å²) >= 11 is 12.0. The van der Waals surface area contributed by atoms with Gasteiger partial charge < -0.3 is 14.6 Å². The molecule has 6 nitrogen and oxygen atoms in total. The maximum absolute atomic E-state index is 10.7. The van der Waals surface area contributed by atoms with Gasteiger partial charge in [0.2, 0.25) is 5.88 Å². The minimum atomic E-state index is -1.05. The highest BCUT2D eigenvalue weighted by atomic mass is 35.5. The second-order valence-electron chi connectivity index (χ2n) is 4.52. The Balaban J connectivity index is 2.30. The number of carboxylic acid groups (broad SMARTS) is 1. The molecule has 0 saturated carbocycles. The number of hydrogen-bond acceptors (Lipinski definition) is 4. The number of aliphatic carboxylic acids is 1. The minimum absolute atomic E-state index is 0.0425. The molecule has 23 heavy (non-hydrogen) atoms. The van der Waals surface area contributed by atoms with E-state index in [1.54, 1.807) is 28.9 Å². The van der Waals surface area contributed by atoms with Crippen LogP contribution in [0.4, 0.5) is 0 Å². The molecule has 0 fully saturated rings. The fraction of sp³-hybridized carbons (Fsp3) is 0.200. The van der Waals surface area contributed by atoms with Crippen molar-refractivity contribution in [1.82, 2.24) is 9.78 Å². The van der Waals surface area contributed by atoms with E-state index >= 15 is 0 Å². The van der Waals surface area contributed by atoms with Gasteiger partial charge in [0, 0.05) is 29.3 Å². The summed E-state index contributed by atoms with van der Waals surface area (Å²) in [6.07, 6.45) is 2.45. The van der Waals surface area contributed by atoms with Gasteiger partial charge >= 0.3 is 5.97 Å². The summed E-state index contributed by atoms with van der Waals surface area (Å²) in [5.41, 5.74) is 1.35. The fourth-order valence-corrected chi connectivity index (χ4v) is 2.29. The van der Waals surface area contributed by atoms with Crippen LogP contribution in [0.15, 0.2) is 30.3 Å². The molecule has 122 valence electrons. The average molecular weight is 357 g/mol. The molecule has 0 radical (unpaired) electrons. The van der Waals surface area contributed by atoms with Gasteiger partial charge in [0.15, 0.2) is 6.79 Å². The van der Waals surface area contributed by atoms with Gasteiger partial charge in [-0.25, -0.2) is 4.79 Å². The number of carboxylic acids is 1. The number of nitrogens with zero attached hydrogens (tertiary/aromatic N) is 2. The lowest BCUT2D eigenvalue weighted by Crippen LogP contribution is -2.06. The van der Waals surface area contributed by atoms with Crippen molar-refractivity contribution in [1.29, 1.82) is 0 Å². The maximum Gasteiger partial charge on any atom is 0.328 e. The summed E-state index contributed by atoms with van der Waals surface area (Å²) in [4.78, 5) is 10.7. The molecule has 0 bridgehead atoms. The van der Waals surface area contributed by atoms with Gasteiger partial charge in [0.25, 0.3) is 0 Å². The Morgan fingerprint density at radius 2 is 2.17 bits per heavy atom. The number of aromatic nitrogens is 2. The molecule has 0 aliphatic heterocycles. The standard InChI is InChI=1S/C15H14Cl2N2O4/c1-22-9-23-14-7-12(4-5-15(20)21)19(18-14)8-10-2-3-11(16)6-13(10)17/h2-7H,8-9H2,1H3,(H,20,21). The lowest BCUT2D eigenvalue weighted by Gasteiger charge is -2.07. The van der Waals surface area contributed by atoms with Crippen molar-refractivity contribution in [2.75, 3.05) is 13.9 Å². The number of ether oxygens (including phenoxy) is 2. The summed E-state index contributed by atoms with van der Waals surface area (Å²) in [5.74, 6) is -0.733. The van der Waals surface area contributed by atoms with Crippen LogP contribution in [0.25, 0.3) is 6.08 Å². The topological polar surface area (TPSA) is 73.6 Å². The number of rotatable bonds is 7. The number of carbonyl (C=O) groups is 1. The van der Waals surface area contributed by atoms with E-state index < -0.39 is 5.97 Å². The van der Waals surface area contributed by atoms with Crippen molar-refractivity contribution in [3.63, 3.8) is 0 Å². The zero-order valence-corrected chi connectivity index (χ0v) is 13.7. The minimum Gasteiger partial charge on any atom is -0.478 e. The van der Waals surface area contributed by atoms with Crippen molar-refractivity contribution < 1.29 is 19.4 Å². The average Bonchev–Trinajstić information content (AvgIpc) is 2.88. The summed E-state index contributed by atoms with van der Waals surface area (Å²) in [6, 6.07) is 6.76. The van der Waals surface area contributed by atoms with Crippen LogP contribution in [-0.2, 0) is 16.1 Å². The van der Waals surface area contributed by atoms with Crippen molar-refractivity contribution >= 4 is 35.2 Å². The second kappa shape index (κ2) is 8.01. The van der Waals surface area contributed by atoms with Gasteiger partial charge in [-0.3, -0.25) is 4.68 Å². The molecule has 1 aromatic carbocycles. The maximum atomic E-state index is 10.7. The zero-order chi connectivity index (χ0) is 16.8. The van der Waals surface area contributed by atoms with Gasteiger partial charge in [0.1, 0.15) is 0 Å². The molecule has 0 aliphatic rings. The smallest absolute Gasteiger partial charge is 0.328 e. The van der Waals surface area contributed by atoms with Crippen LogP contribution in [0.3, 0.4) is 0 Å². The Labute approximate surface area is 142 Å². The molecule has 0 amide bonds. The molecule has 0 spiro atoms. The Hall–Kier alpha value is -2.02. The van der Waals surface area contributed by atoms with Crippen LogP contribution in [0, 0.1) is 0 Å². The van der Waals surface area contributed by atoms with Crippen molar-refractivity contribution in [2.24, 2.45) is 0 Å². The first-order valence-corrected chi connectivity index (χ1v) is 7.29. The predicted octanol–water partition coefficient (Wildman–Crippen LogP) is 3.32. The lowest BCUT2D eigenvalue weighted by molar-refractivity contribution is -0.131. The number of halogens is 2. The molecule has 2 aromatic rings. The molecule has 0 unspecified atom stereocenters. The molecule has 1 N–H and O–H groups in total. The van der Waals surface area contributed by atoms with E-state index in [0.29, 0.717) is 28.2 Å². The predicted molar refractivity (Wildman–Crippen MR) is 87.0 cm³/mol. The number of benzene rings is 1. The first-order valence-electron chi connectivity index (χ1n) is 6.54. The third-order valence-corrected chi connectivity index (χ3v) is 3.43. The van der Waals surface area contributed by atoms with Crippen LogP contribution in [0.2, 0.25) is 10.0 Å². The summed E-state index contributed by atoms with van der Waals surface area (Å²) in [5, 5.41) is 14.1. The SMILES string of the molecule is COCOc1cc(C=CC(=O)O)n(Cc2ccc(Cl)cc2Cl)n1. The van der Waals surface area contributed by atoms with E-state index in [4.69, 9.17) is 37.8 Å². The molecular formula is C15H14Cl2N2O4. The third kappa shape index (κ3) is 4.99. The summed E-state index contributed by atoms with van der Waals surface area (Å²) in [6.45, 7) is 0.381. The van der Waals surface area contributed by atoms with Gasteiger partial charge in [-0.05, 0) is 23.8 Å². The van der Waals surface area contributed by atoms with E-state index in [-0.39, 0.29) is 6.79 Å². The zero-order valence-electron chi connectivity index (χ0n) is 12.2. The van der Waals surface area contributed by atoms with Crippen LogP contribution in [0.5, 0.6) is 5.88 Å². The molecule has 0 atom stereocenters. The van der Waals surface area contributed by atoms with Gasteiger partial charge in [-0.15, -0.1) is 5.10 Å². The molecule has 2 rings (SSSR count). The largest absolute Gasteiger partial charge is 0.478 e. The van der Waals surface area contributed by atoms with Crippen LogP contribution >= 0.6 is 23.2 Å². The molecule has 8 heteroatoms. The Kier molecular flexibility index (Phi) is 6.04. The molecule has 0 saturated heterocycles. The number of hydrogen-bond donors (Lipinski definition) is 1. The van der Waals surface area contributed by atoms with Crippen molar-refractivity contribution in [3.05, 3.63) is 51.6 Å². The summed E-state index contributed by atoms with van der Waals surface area (Å²) in [7, 11) is 1.50. The normalized spacial score (nSPS) is 11.1. The first kappa shape index (κ1) is 17.3. The highest BCUT2D eigenvalue weighted by molar-refractivity contribution is 6.35. The molecular weight excluding hydrogens is 343 g/mol. The fourth-order valence-electron chi connectivity index (χ4n) is 1.83.